The van der Waals surface area contributed by atoms with E-state index in [1.165, 1.54) is 65.5 Å². The van der Waals surface area contributed by atoms with Crippen LogP contribution in [0.5, 0.6) is 5.75 Å². The predicted molar refractivity (Wildman–Crippen MR) is 127 cm³/mol. The van der Waals surface area contributed by atoms with E-state index in [-0.39, 0.29) is 34.0 Å². The van der Waals surface area contributed by atoms with Gasteiger partial charge in [0.1, 0.15) is 5.75 Å². The molecule has 0 spiro atoms. The van der Waals surface area contributed by atoms with E-state index < -0.39 is 27.7 Å². The largest absolute Gasteiger partial charge is 0.471 e. The van der Waals surface area contributed by atoms with Crippen molar-refractivity contribution in [3.63, 3.8) is 0 Å². The van der Waals surface area contributed by atoms with Crippen molar-refractivity contribution in [3.8, 4) is 5.75 Å². The van der Waals surface area contributed by atoms with Crippen LogP contribution in [0.1, 0.15) is 16.1 Å². The number of benzene rings is 2. The number of sulfonamides is 1. The fourth-order valence-electron chi connectivity index (χ4n) is 2.94. The lowest BCUT2D eigenvalue weighted by atomic mass is 10.2. The van der Waals surface area contributed by atoms with Crippen molar-refractivity contribution in [2.75, 3.05) is 10.0 Å². The van der Waals surface area contributed by atoms with Crippen LogP contribution >= 0.6 is 11.6 Å². The van der Waals surface area contributed by atoms with Crippen LogP contribution < -0.4 is 14.8 Å². The minimum absolute atomic E-state index is 0.00678. The van der Waals surface area contributed by atoms with Gasteiger partial charge in [-0.25, -0.2) is 13.1 Å². The number of nitrogens with one attached hydrogen (secondary N) is 2. The monoisotopic (exact) mass is 552 g/mol. The van der Waals surface area contributed by atoms with Gasteiger partial charge in [0, 0.05) is 11.9 Å². The molecule has 1 amide bonds. The Morgan fingerprint density at radius 2 is 1.78 bits per heavy atom. The Hall–Kier alpha value is -4.17. The van der Waals surface area contributed by atoms with Crippen LogP contribution in [-0.4, -0.2) is 34.3 Å². The third kappa shape index (κ3) is 6.74. The lowest BCUT2D eigenvalue weighted by Gasteiger charge is -2.10. The first-order chi connectivity index (χ1) is 17.5. The maximum Gasteiger partial charge on any atom is 0.416 e. The first kappa shape index (κ1) is 25.9. The molecular formula is C22H16ClF3N6O4S. The Balaban J connectivity index is 1.35. The second-order valence-corrected chi connectivity index (χ2v) is 9.43. The van der Waals surface area contributed by atoms with Crippen LogP contribution in [0.4, 0.5) is 24.7 Å². The Morgan fingerprint density at radius 3 is 2.46 bits per heavy atom. The molecule has 0 unspecified atom stereocenters. The molecule has 192 valence electrons. The number of ether oxygens (including phenoxy) is 1. The topological polar surface area (TPSA) is 128 Å². The number of halogens is 4. The summed E-state index contributed by atoms with van der Waals surface area (Å²) in [6.45, 7) is -0.230. The van der Waals surface area contributed by atoms with Gasteiger partial charge in [-0.05, 0) is 60.7 Å². The predicted octanol–water partition coefficient (Wildman–Crippen LogP) is 4.43. The summed E-state index contributed by atoms with van der Waals surface area (Å²) in [7, 11) is -3.96. The molecule has 2 heterocycles. The van der Waals surface area contributed by atoms with Gasteiger partial charge in [-0.15, -0.1) is 10.2 Å². The average molecular weight is 553 g/mol. The van der Waals surface area contributed by atoms with E-state index in [4.69, 9.17) is 16.3 Å². The van der Waals surface area contributed by atoms with Crippen LogP contribution in [0.15, 0.2) is 77.8 Å². The van der Waals surface area contributed by atoms with E-state index in [9.17, 15) is 26.4 Å². The second-order valence-electron chi connectivity index (χ2n) is 7.36. The van der Waals surface area contributed by atoms with Crippen LogP contribution in [0, 0.1) is 0 Å². The van der Waals surface area contributed by atoms with Crippen molar-refractivity contribution in [2.45, 2.75) is 17.8 Å². The van der Waals surface area contributed by atoms with Crippen LogP contribution in [-0.2, 0) is 22.9 Å². The van der Waals surface area contributed by atoms with Gasteiger partial charge < -0.3 is 10.1 Å². The summed E-state index contributed by atoms with van der Waals surface area (Å²) in [4.78, 5) is 12.4. The molecule has 10 nitrogen and oxygen atoms in total. The third-order valence-electron chi connectivity index (χ3n) is 4.69. The van der Waals surface area contributed by atoms with E-state index in [0.717, 1.165) is 12.1 Å². The molecule has 2 aromatic heterocycles. The summed E-state index contributed by atoms with van der Waals surface area (Å²) < 4.78 is 72.3. The number of aromatic nitrogens is 4. The van der Waals surface area contributed by atoms with Gasteiger partial charge in [0.05, 0.1) is 10.5 Å². The SMILES string of the molecule is O=C(Nc1ccc(S(=O)(=O)Nc2ccc(Cl)nn2)cc1)c1ccn(COc2cccc(C(F)(F)F)c2)n1. The molecule has 37 heavy (non-hydrogen) atoms. The molecule has 0 aliphatic carbocycles. The van der Waals surface area contributed by atoms with Gasteiger partial charge in [0.2, 0.25) is 0 Å². The maximum absolute atomic E-state index is 12.8. The van der Waals surface area contributed by atoms with E-state index in [2.05, 4.69) is 25.3 Å². The second kappa shape index (κ2) is 10.4. The quantitative estimate of drug-likeness (QED) is 0.331. The Morgan fingerprint density at radius 1 is 1.03 bits per heavy atom. The summed E-state index contributed by atoms with van der Waals surface area (Å²) in [5.74, 6) is -0.624. The van der Waals surface area contributed by atoms with Crippen LogP contribution in [0.3, 0.4) is 0 Å². The molecule has 15 heteroatoms. The smallest absolute Gasteiger partial charge is 0.416 e. The number of anilines is 2. The molecule has 2 aromatic carbocycles. The van der Waals surface area contributed by atoms with Crippen molar-refractivity contribution in [3.05, 3.63) is 89.3 Å². The minimum Gasteiger partial charge on any atom is -0.471 e. The van der Waals surface area contributed by atoms with Crippen molar-refractivity contribution in [1.29, 1.82) is 0 Å². The third-order valence-corrected chi connectivity index (χ3v) is 6.26. The van der Waals surface area contributed by atoms with Gasteiger partial charge in [-0.3, -0.25) is 9.52 Å². The van der Waals surface area contributed by atoms with Gasteiger partial charge in [0.25, 0.3) is 15.9 Å². The molecule has 0 radical (unpaired) electrons. The van der Waals surface area contributed by atoms with E-state index in [1.54, 1.807) is 0 Å². The highest BCUT2D eigenvalue weighted by Gasteiger charge is 2.30. The number of nitrogens with zero attached hydrogens (tertiary/aromatic N) is 4. The number of amides is 1. The highest BCUT2D eigenvalue weighted by atomic mass is 35.5. The fraction of sp³-hybridized carbons (Fsp3) is 0.0909. The Bertz CT molecular complexity index is 1510. The van der Waals surface area contributed by atoms with Crippen molar-refractivity contribution in [1.82, 2.24) is 20.0 Å². The minimum atomic E-state index is -4.50. The van der Waals surface area contributed by atoms with Crippen molar-refractivity contribution < 1.29 is 31.1 Å². The maximum atomic E-state index is 12.8. The van der Waals surface area contributed by atoms with Gasteiger partial charge in [-0.1, -0.05) is 17.7 Å². The molecule has 4 aromatic rings. The molecule has 0 atom stereocenters. The number of carbonyl (C=O) groups excluding carboxylic acids is 1. The first-order valence-corrected chi connectivity index (χ1v) is 12.1. The van der Waals surface area contributed by atoms with E-state index >= 15 is 0 Å². The molecule has 2 N–H and O–H groups in total. The lowest BCUT2D eigenvalue weighted by molar-refractivity contribution is -0.137. The molecule has 0 fully saturated rings. The normalized spacial score (nSPS) is 11.7. The fourth-order valence-corrected chi connectivity index (χ4v) is 4.03. The average Bonchev–Trinajstić information content (AvgIpc) is 3.33. The Kier molecular flexibility index (Phi) is 7.31. The Labute approximate surface area is 213 Å². The highest BCUT2D eigenvalue weighted by molar-refractivity contribution is 7.92. The van der Waals surface area contributed by atoms with Crippen molar-refractivity contribution in [2.24, 2.45) is 0 Å². The summed E-state index contributed by atoms with van der Waals surface area (Å²) in [5, 5.41) is 13.9. The highest BCUT2D eigenvalue weighted by Crippen LogP contribution is 2.31. The van der Waals surface area contributed by atoms with Crippen molar-refractivity contribution >= 4 is 39.0 Å². The van der Waals surface area contributed by atoms with E-state index in [1.807, 2.05) is 0 Å². The van der Waals surface area contributed by atoms with Gasteiger partial charge in [-0.2, -0.15) is 18.3 Å². The molecule has 0 saturated heterocycles. The summed E-state index contributed by atoms with van der Waals surface area (Å²) in [5.41, 5.74) is -0.545. The van der Waals surface area contributed by atoms with Crippen LogP contribution in [0.25, 0.3) is 0 Å². The molecule has 0 aliphatic heterocycles. The lowest BCUT2D eigenvalue weighted by Crippen LogP contribution is -2.16. The molecule has 0 bridgehead atoms. The molecule has 0 aliphatic rings. The number of carbonyl (C=O) groups is 1. The zero-order valence-corrected chi connectivity index (χ0v) is 20.0. The summed E-state index contributed by atoms with van der Waals surface area (Å²) in [6, 6.07) is 13.8. The number of rotatable bonds is 8. The zero-order chi connectivity index (χ0) is 26.6. The van der Waals surface area contributed by atoms with E-state index in [0.29, 0.717) is 5.69 Å². The number of alkyl halides is 3. The van der Waals surface area contributed by atoms with Gasteiger partial charge in [0.15, 0.2) is 23.4 Å². The number of hydrogen-bond donors (Lipinski definition) is 2. The molecular weight excluding hydrogens is 537 g/mol. The summed E-state index contributed by atoms with van der Waals surface area (Å²) >= 11 is 5.63. The van der Waals surface area contributed by atoms with Gasteiger partial charge >= 0.3 is 6.18 Å². The standard InChI is InChI=1S/C22H16ClF3N6O4S/c23-19-8-9-20(29-28-19)31-37(34,35)17-6-4-15(5-7-17)27-21(33)18-10-11-32(30-18)13-36-16-3-1-2-14(12-16)22(24,25)26/h1-12H,13H2,(H,27,33)(H,29,31). The first-order valence-electron chi connectivity index (χ1n) is 10.3. The summed E-state index contributed by atoms with van der Waals surface area (Å²) in [6.07, 6.45) is -3.08. The number of hydrogen-bond acceptors (Lipinski definition) is 7. The molecule has 0 saturated carbocycles. The molecule has 4 rings (SSSR count). The zero-order valence-electron chi connectivity index (χ0n) is 18.5. The van der Waals surface area contributed by atoms with Crippen LogP contribution in [0.2, 0.25) is 5.15 Å².